The molecule has 0 atom stereocenters. The van der Waals surface area contributed by atoms with Crippen LogP contribution in [0.5, 0.6) is 0 Å². The van der Waals surface area contributed by atoms with Crippen LogP contribution >= 0.6 is 0 Å². The van der Waals surface area contributed by atoms with E-state index < -0.39 is 21.2 Å². The smallest absolute Gasteiger partial charge is 0.481 e. The first kappa shape index (κ1) is 29.4. The fourth-order valence-corrected chi connectivity index (χ4v) is 0. The van der Waals surface area contributed by atoms with Crippen LogP contribution in [-0.4, -0.2) is 52.5 Å². The molecule has 0 aromatic heterocycles. The molecule has 0 aromatic rings. The summed E-state index contributed by atoms with van der Waals surface area (Å²) in [5, 5.41) is 51.7. The van der Waals surface area contributed by atoms with E-state index in [1.54, 1.807) is 0 Å². The van der Waals surface area contributed by atoms with Crippen LogP contribution in [-0.2, 0) is 4.79 Å². The Morgan fingerprint density at radius 2 is 0.824 bits per heavy atom. The van der Waals surface area contributed by atoms with Crippen molar-refractivity contribution in [3.05, 3.63) is 46.0 Å². The number of hydrogen-bond donors (Lipinski definition) is 1. The third-order valence-electron chi connectivity index (χ3n) is 0. The molecular formula is C2H4BiN3O11. The molecule has 0 saturated heterocycles. The molecule has 0 bridgehead atoms. The van der Waals surface area contributed by atoms with Crippen molar-refractivity contribution >= 4 is 32.2 Å². The van der Waals surface area contributed by atoms with Crippen molar-refractivity contribution in [2.75, 3.05) is 0 Å². The van der Waals surface area contributed by atoms with Crippen LogP contribution < -0.4 is 0 Å². The Morgan fingerprint density at radius 1 is 0.824 bits per heavy atom. The Morgan fingerprint density at radius 3 is 0.824 bits per heavy atom. The van der Waals surface area contributed by atoms with Crippen molar-refractivity contribution in [1.82, 2.24) is 0 Å². The third kappa shape index (κ3) is 476. The zero-order valence-electron chi connectivity index (χ0n) is 7.82. The second-order valence-corrected chi connectivity index (χ2v) is 1.19. The molecule has 0 heterocycles. The molecule has 0 rings (SSSR count). The van der Waals surface area contributed by atoms with E-state index in [2.05, 4.69) is 0 Å². The fourth-order valence-electron chi connectivity index (χ4n) is 0. The zero-order valence-corrected chi connectivity index (χ0v) is 11.3. The van der Waals surface area contributed by atoms with Gasteiger partial charge in [0.25, 0.3) is 5.97 Å². The predicted molar refractivity (Wildman–Crippen MR) is 50.1 cm³/mol. The van der Waals surface area contributed by atoms with Gasteiger partial charge in [0.1, 0.15) is 0 Å². The van der Waals surface area contributed by atoms with E-state index in [1.807, 2.05) is 0 Å². The van der Waals surface area contributed by atoms with Gasteiger partial charge in [0.15, 0.2) is 0 Å². The number of carboxylic acid groups (broad SMARTS) is 1. The SMILES string of the molecule is CC(=O)O.O=[N+]([O-])[O-].O=[N+]([O-])[O-].O=[N+]([O-])[O-].[Bi+3]. The maximum atomic E-state index is 9.00. The number of carbonyl (C=O) groups is 1. The van der Waals surface area contributed by atoms with Gasteiger partial charge in [-0.15, -0.1) is 0 Å². The second kappa shape index (κ2) is 23.6. The van der Waals surface area contributed by atoms with Gasteiger partial charge in [-0.2, -0.15) is 0 Å². The van der Waals surface area contributed by atoms with Gasteiger partial charge in [0, 0.05) is 6.92 Å². The minimum Gasteiger partial charge on any atom is -0.481 e. The Bertz CT molecular complexity index is 165. The first-order chi connectivity index (χ1) is 6.93. The zero-order chi connectivity index (χ0) is 14.3. The van der Waals surface area contributed by atoms with Gasteiger partial charge in [-0.25, -0.2) is 0 Å². The van der Waals surface area contributed by atoms with Crippen LogP contribution in [0.25, 0.3) is 0 Å². The molecule has 0 amide bonds. The van der Waals surface area contributed by atoms with Crippen LogP contribution in [0.3, 0.4) is 0 Å². The molecule has 2 radical (unpaired) electrons. The average molecular weight is 455 g/mol. The Hall–Kier alpha value is -2.05. The topological polar surface area (TPSA) is 236 Å². The summed E-state index contributed by atoms with van der Waals surface area (Å²) in [5.74, 6) is -0.833. The largest absolute Gasteiger partial charge is 3.00 e. The Balaban J connectivity index is -0.0000000369. The number of carboxylic acids is 1. The minimum atomic E-state index is -1.75. The van der Waals surface area contributed by atoms with E-state index in [4.69, 9.17) is 55.9 Å². The molecule has 0 fully saturated rings. The quantitative estimate of drug-likeness (QED) is 0.264. The van der Waals surface area contributed by atoms with Crippen LogP contribution in [0.1, 0.15) is 6.92 Å². The summed E-state index contributed by atoms with van der Waals surface area (Å²) in [6.07, 6.45) is 0. The van der Waals surface area contributed by atoms with Gasteiger partial charge < -0.3 is 51.1 Å². The fraction of sp³-hybridized carbons (Fsp3) is 0.500. The van der Waals surface area contributed by atoms with Gasteiger partial charge >= 0.3 is 26.2 Å². The maximum absolute atomic E-state index is 9.00. The predicted octanol–water partition coefficient (Wildman–Crippen LogP) is -1.01. The van der Waals surface area contributed by atoms with Gasteiger partial charge in [-0.3, -0.25) is 4.79 Å². The van der Waals surface area contributed by atoms with Gasteiger partial charge in [-0.05, 0) is 0 Å². The number of hydrogen-bond acceptors (Lipinski definition) is 10. The monoisotopic (exact) mass is 455 g/mol. The van der Waals surface area contributed by atoms with Crippen molar-refractivity contribution in [2.24, 2.45) is 0 Å². The van der Waals surface area contributed by atoms with E-state index in [9.17, 15) is 0 Å². The van der Waals surface area contributed by atoms with Crippen molar-refractivity contribution < 1.29 is 25.2 Å². The molecule has 0 aliphatic heterocycles. The van der Waals surface area contributed by atoms with Crippen molar-refractivity contribution in [3.8, 4) is 0 Å². The molecule has 0 saturated carbocycles. The van der Waals surface area contributed by atoms with Crippen LogP contribution in [0.15, 0.2) is 0 Å². The van der Waals surface area contributed by atoms with Gasteiger partial charge in [0.05, 0.1) is 15.3 Å². The molecule has 0 aromatic carbocycles. The first-order valence-electron chi connectivity index (χ1n) is 2.57. The van der Waals surface area contributed by atoms with Crippen LogP contribution in [0, 0.1) is 46.0 Å². The number of nitrogens with zero attached hydrogens (tertiary/aromatic N) is 3. The molecule has 0 aliphatic rings. The van der Waals surface area contributed by atoms with Crippen molar-refractivity contribution in [2.45, 2.75) is 6.92 Å². The number of aliphatic carboxylic acids is 1. The normalized spacial score (nSPS) is 5.71. The first-order valence-corrected chi connectivity index (χ1v) is 2.57. The summed E-state index contributed by atoms with van der Waals surface area (Å²) in [7, 11) is 0. The van der Waals surface area contributed by atoms with E-state index in [0.29, 0.717) is 0 Å². The molecule has 0 spiro atoms. The van der Waals surface area contributed by atoms with Crippen molar-refractivity contribution in [1.29, 1.82) is 0 Å². The summed E-state index contributed by atoms with van der Waals surface area (Å²) < 4.78 is 0. The Kier molecular flexibility index (Phi) is 40.9. The third-order valence-corrected chi connectivity index (χ3v) is 0. The molecule has 14 nitrogen and oxygen atoms in total. The van der Waals surface area contributed by atoms with Gasteiger partial charge in [0.2, 0.25) is 0 Å². The van der Waals surface area contributed by atoms with Crippen LogP contribution in [0.2, 0.25) is 0 Å². The van der Waals surface area contributed by atoms with E-state index in [-0.39, 0.29) is 26.2 Å². The van der Waals surface area contributed by atoms with E-state index in [0.717, 1.165) is 6.92 Å². The minimum absolute atomic E-state index is 0. The average Bonchev–Trinajstić information content (AvgIpc) is 1.76. The molecule has 98 valence electrons. The second-order valence-electron chi connectivity index (χ2n) is 1.19. The summed E-state index contributed by atoms with van der Waals surface area (Å²) in [4.78, 5) is 33.8. The molecular weight excluding hydrogens is 451 g/mol. The molecule has 17 heavy (non-hydrogen) atoms. The summed E-state index contributed by atoms with van der Waals surface area (Å²) in [6.45, 7) is 1.08. The molecule has 15 heteroatoms. The molecule has 0 unspecified atom stereocenters. The summed E-state index contributed by atoms with van der Waals surface area (Å²) >= 11 is 0. The van der Waals surface area contributed by atoms with Crippen LogP contribution in [0.4, 0.5) is 0 Å². The maximum Gasteiger partial charge on any atom is 3.00 e. The van der Waals surface area contributed by atoms with Gasteiger partial charge in [-0.1, -0.05) is 0 Å². The van der Waals surface area contributed by atoms with E-state index >= 15 is 0 Å². The molecule has 0 aliphatic carbocycles. The Labute approximate surface area is 111 Å². The number of rotatable bonds is 0. The van der Waals surface area contributed by atoms with E-state index in [1.165, 1.54) is 0 Å². The van der Waals surface area contributed by atoms with Crippen molar-refractivity contribution in [3.63, 3.8) is 0 Å². The molecule has 1 N–H and O–H groups in total. The summed E-state index contributed by atoms with van der Waals surface area (Å²) in [6, 6.07) is 0. The summed E-state index contributed by atoms with van der Waals surface area (Å²) in [5.41, 5.74) is 0. The standard InChI is InChI=1S/C2H4O2.Bi.3NO3/c1-2(3)4;;3*2-1(3)4/h1H3,(H,3,4);;;;/q;+3;3*-1.